The van der Waals surface area contributed by atoms with Gasteiger partial charge in [0, 0.05) is 38.2 Å². The Kier molecular flexibility index (Phi) is 6.70. The molecule has 29 heavy (non-hydrogen) atoms. The van der Waals surface area contributed by atoms with Crippen molar-refractivity contribution in [1.29, 1.82) is 0 Å². The van der Waals surface area contributed by atoms with E-state index in [0.29, 0.717) is 17.1 Å². The Morgan fingerprint density at radius 2 is 1.93 bits per heavy atom. The molecule has 2 N–H and O–H groups in total. The minimum atomic E-state index is -0.175. The number of anilines is 1. The SMILES string of the molecule is OC1CCC(Nc2cc(Cl)ncc2C#Cc2cnn(CC3CCOCC3)c2)CC1. The molecule has 0 bridgehead atoms. The van der Waals surface area contributed by atoms with E-state index in [9.17, 15) is 5.11 Å². The van der Waals surface area contributed by atoms with E-state index < -0.39 is 0 Å². The van der Waals surface area contributed by atoms with Crippen LogP contribution in [0.25, 0.3) is 0 Å². The smallest absolute Gasteiger partial charge is 0.131 e. The lowest BCUT2D eigenvalue weighted by atomic mass is 9.93. The van der Waals surface area contributed by atoms with Crippen LogP contribution in [0.5, 0.6) is 0 Å². The van der Waals surface area contributed by atoms with Gasteiger partial charge in [0.05, 0.1) is 29.1 Å². The Hall–Kier alpha value is -2.07. The molecule has 7 heteroatoms. The summed E-state index contributed by atoms with van der Waals surface area (Å²) in [6.07, 6.45) is 11.0. The third kappa shape index (κ3) is 5.72. The van der Waals surface area contributed by atoms with Crippen LogP contribution in [0, 0.1) is 17.8 Å². The molecule has 6 nitrogen and oxygen atoms in total. The second-order valence-electron chi connectivity index (χ2n) is 7.96. The van der Waals surface area contributed by atoms with Crippen LogP contribution in [0.1, 0.15) is 49.7 Å². The molecule has 0 spiro atoms. The van der Waals surface area contributed by atoms with Gasteiger partial charge in [-0.15, -0.1) is 0 Å². The summed E-state index contributed by atoms with van der Waals surface area (Å²) < 4.78 is 7.40. The van der Waals surface area contributed by atoms with Crippen LogP contribution in [0.3, 0.4) is 0 Å². The minimum Gasteiger partial charge on any atom is -0.393 e. The van der Waals surface area contributed by atoms with Gasteiger partial charge in [-0.05, 0) is 50.5 Å². The maximum absolute atomic E-state index is 9.71. The van der Waals surface area contributed by atoms with E-state index in [-0.39, 0.29) is 6.10 Å². The average molecular weight is 415 g/mol. The highest BCUT2D eigenvalue weighted by atomic mass is 35.5. The van der Waals surface area contributed by atoms with Crippen molar-refractivity contribution >= 4 is 17.3 Å². The van der Waals surface area contributed by atoms with Crippen molar-refractivity contribution < 1.29 is 9.84 Å². The van der Waals surface area contributed by atoms with Crippen LogP contribution < -0.4 is 5.32 Å². The number of pyridine rings is 1. The van der Waals surface area contributed by atoms with Gasteiger partial charge in [-0.25, -0.2) is 4.98 Å². The molecule has 0 radical (unpaired) electrons. The summed E-state index contributed by atoms with van der Waals surface area (Å²) in [4.78, 5) is 4.19. The molecule has 2 fully saturated rings. The fraction of sp³-hybridized carbons (Fsp3) is 0.545. The first-order valence-electron chi connectivity index (χ1n) is 10.4. The number of nitrogens with one attached hydrogen (secondary N) is 1. The molecule has 0 unspecified atom stereocenters. The summed E-state index contributed by atoms with van der Waals surface area (Å²) in [7, 11) is 0. The molecule has 1 aliphatic carbocycles. The zero-order valence-electron chi connectivity index (χ0n) is 16.5. The van der Waals surface area contributed by atoms with Gasteiger partial charge in [-0.2, -0.15) is 5.10 Å². The van der Waals surface area contributed by atoms with Crippen molar-refractivity contribution in [3.05, 3.63) is 40.9 Å². The number of halogens is 1. The lowest BCUT2D eigenvalue weighted by Gasteiger charge is -2.27. The number of aliphatic hydroxyl groups is 1. The number of ether oxygens (including phenoxy) is 1. The number of aliphatic hydroxyl groups excluding tert-OH is 1. The summed E-state index contributed by atoms with van der Waals surface area (Å²) in [6.45, 7) is 2.60. The van der Waals surface area contributed by atoms with Crippen LogP contribution >= 0.6 is 11.6 Å². The van der Waals surface area contributed by atoms with Gasteiger partial charge in [0.15, 0.2) is 0 Å². The number of rotatable bonds is 4. The fourth-order valence-electron chi connectivity index (χ4n) is 3.95. The number of nitrogens with zero attached hydrogens (tertiary/aromatic N) is 3. The Morgan fingerprint density at radius 3 is 2.72 bits per heavy atom. The standard InChI is InChI=1S/C22H27ClN4O2/c23-22-11-21(26-19-3-5-20(28)6-4-19)18(13-24-22)2-1-17-12-25-27(15-17)14-16-7-9-29-10-8-16/h11-13,15-16,19-20,28H,3-10,14H2,(H,24,26). The van der Waals surface area contributed by atoms with Crippen molar-refractivity contribution in [3.63, 3.8) is 0 Å². The highest BCUT2D eigenvalue weighted by Gasteiger charge is 2.20. The fourth-order valence-corrected chi connectivity index (χ4v) is 4.11. The quantitative estimate of drug-likeness (QED) is 0.592. The van der Waals surface area contributed by atoms with Gasteiger partial charge in [-0.1, -0.05) is 23.4 Å². The maximum atomic E-state index is 9.71. The number of hydrogen-bond donors (Lipinski definition) is 2. The molecule has 3 heterocycles. The molecular formula is C22H27ClN4O2. The number of aromatic nitrogens is 3. The topological polar surface area (TPSA) is 72.2 Å². The lowest BCUT2D eigenvalue weighted by molar-refractivity contribution is 0.0601. The van der Waals surface area contributed by atoms with Crippen LogP contribution in [-0.2, 0) is 11.3 Å². The van der Waals surface area contributed by atoms with Crippen LogP contribution in [0.4, 0.5) is 5.69 Å². The van der Waals surface area contributed by atoms with Gasteiger partial charge >= 0.3 is 0 Å². The Bertz CT molecular complexity index is 874. The molecule has 154 valence electrons. The van der Waals surface area contributed by atoms with Gasteiger partial charge in [0.2, 0.25) is 0 Å². The highest BCUT2D eigenvalue weighted by molar-refractivity contribution is 6.29. The van der Waals surface area contributed by atoms with Crippen molar-refractivity contribution in [2.75, 3.05) is 18.5 Å². The van der Waals surface area contributed by atoms with Crippen molar-refractivity contribution in [3.8, 4) is 11.8 Å². The number of hydrogen-bond acceptors (Lipinski definition) is 5. The van der Waals surface area contributed by atoms with Crippen LogP contribution in [-0.4, -0.2) is 45.2 Å². The second-order valence-corrected chi connectivity index (χ2v) is 8.35. The molecule has 2 aromatic heterocycles. The van der Waals surface area contributed by atoms with Gasteiger partial charge < -0.3 is 15.2 Å². The summed E-state index contributed by atoms with van der Waals surface area (Å²) >= 11 is 6.11. The van der Waals surface area contributed by atoms with Gasteiger partial charge in [0.1, 0.15) is 5.15 Å². The molecule has 0 amide bonds. The summed E-state index contributed by atoms with van der Waals surface area (Å²) in [6, 6.07) is 2.14. The Labute approximate surface area is 176 Å². The molecule has 2 aliphatic rings. The average Bonchev–Trinajstić information content (AvgIpc) is 3.17. The highest BCUT2D eigenvalue weighted by Crippen LogP contribution is 2.25. The minimum absolute atomic E-state index is 0.175. The van der Waals surface area contributed by atoms with Crippen molar-refractivity contribution in [2.45, 2.75) is 57.2 Å². The Balaban J connectivity index is 1.44. The first-order chi connectivity index (χ1) is 14.2. The predicted octanol–water partition coefficient (Wildman–Crippen LogP) is 3.47. The zero-order chi connectivity index (χ0) is 20.1. The normalized spacial score (nSPS) is 22.7. The molecule has 0 atom stereocenters. The molecule has 1 saturated carbocycles. The van der Waals surface area contributed by atoms with E-state index in [2.05, 4.69) is 27.2 Å². The van der Waals surface area contributed by atoms with E-state index in [1.54, 1.807) is 6.20 Å². The third-order valence-electron chi connectivity index (χ3n) is 5.69. The summed E-state index contributed by atoms with van der Waals surface area (Å²) in [5.41, 5.74) is 2.60. The van der Waals surface area contributed by atoms with Crippen molar-refractivity contribution in [2.24, 2.45) is 5.92 Å². The Morgan fingerprint density at radius 1 is 1.14 bits per heavy atom. The summed E-state index contributed by atoms with van der Waals surface area (Å²) in [5.74, 6) is 7.04. The third-order valence-corrected chi connectivity index (χ3v) is 5.89. The van der Waals surface area contributed by atoms with Crippen LogP contribution in [0.2, 0.25) is 5.15 Å². The molecule has 2 aromatic rings. The predicted molar refractivity (Wildman–Crippen MR) is 113 cm³/mol. The molecule has 1 saturated heterocycles. The maximum Gasteiger partial charge on any atom is 0.131 e. The van der Waals surface area contributed by atoms with E-state index in [1.165, 1.54) is 0 Å². The first-order valence-corrected chi connectivity index (χ1v) is 10.8. The van der Waals surface area contributed by atoms with Gasteiger partial charge in [-0.3, -0.25) is 4.68 Å². The van der Waals surface area contributed by atoms with E-state index in [1.807, 2.05) is 23.1 Å². The monoisotopic (exact) mass is 414 g/mol. The van der Waals surface area contributed by atoms with E-state index >= 15 is 0 Å². The molecule has 1 aliphatic heterocycles. The zero-order valence-corrected chi connectivity index (χ0v) is 17.2. The second kappa shape index (κ2) is 9.62. The first kappa shape index (κ1) is 20.2. The van der Waals surface area contributed by atoms with Crippen molar-refractivity contribution in [1.82, 2.24) is 14.8 Å². The van der Waals surface area contributed by atoms with E-state index in [4.69, 9.17) is 16.3 Å². The van der Waals surface area contributed by atoms with Gasteiger partial charge in [0.25, 0.3) is 0 Å². The molecule has 0 aromatic carbocycles. The molecular weight excluding hydrogens is 388 g/mol. The molecule has 4 rings (SSSR count). The lowest BCUT2D eigenvalue weighted by Crippen LogP contribution is -2.28. The van der Waals surface area contributed by atoms with Crippen LogP contribution in [0.15, 0.2) is 24.7 Å². The summed E-state index contributed by atoms with van der Waals surface area (Å²) in [5, 5.41) is 18.1. The largest absolute Gasteiger partial charge is 0.393 e. The van der Waals surface area contributed by atoms with E-state index in [0.717, 1.165) is 75.1 Å².